The van der Waals surface area contributed by atoms with Crippen LogP contribution in [0.5, 0.6) is 0 Å². The van der Waals surface area contributed by atoms with Gasteiger partial charge in [0.25, 0.3) is 0 Å². The number of rotatable bonds is 14. The normalized spacial score (nSPS) is 10.5. The molecule has 63 heavy (non-hydrogen) atoms. The molecule has 0 amide bonds. The van der Waals surface area contributed by atoms with Crippen molar-refractivity contribution in [2.24, 2.45) is 0 Å². The van der Waals surface area contributed by atoms with Crippen molar-refractivity contribution < 1.29 is 28.6 Å². The van der Waals surface area contributed by atoms with Crippen LogP contribution in [0.25, 0.3) is 0 Å². The molecule has 0 N–H and O–H groups in total. The van der Waals surface area contributed by atoms with E-state index in [0.29, 0.717) is 44.1 Å². The molecule has 0 aliphatic rings. The Bertz CT molecular complexity index is 2350. The van der Waals surface area contributed by atoms with E-state index in [1.807, 2.05) is 79.7 Å². The van der Waals surface area contributed by atoms with Gasteiger partial charge < -0.3 is 4.74 Å². The third kappa shape index (κ3) is 15.8. The SMILES string of the molecule is CCOC(=O)c1c(C)cc(C)cc1C.CCOC(=O)c1c(C)cc(C)cc1C([Se]c1ccccc1)[Se]c1ccccc1.CCOC(=O)c1c(C)cc(C)cc1C[Se]c1ccccc1. The van der Waals surface area contributed by atoms with Gasteiger partial charge >= 0.3 is 319 Å². The third-order valence-electron chi connectivity index (χ3n) is 9.55. The van der Waals surface area contributed by atoms with Crippen LogP contribution in [0, 0.1) is 48.5 Å². The number of aryl methyl sites for hydroxylation is 7. The van der Waals surface area contributed by atoms with Crippen molar-refractivity contribution in [1.82, 2.24) is 0 Å². The molecule has 0 saturated heterocycles. The zero-order chi connectivity index (χ0) is 45.9. The van der Waals surface area contributed by atoms with E-state index in [1.165, 1.54) is 30.1 Å². The quantitative estimate of drug-likeness (QED) is 0.0616. The molecule has 0 saturated carbocycles. The second-order valence-corrected chi connectivity index (χ2v) is 23.6. The first kappa shape index (κ1) is 50.9. The van der Waals surface area contributed by atoms with Crippen LogP contribution in [0.4, 0.5) is 0 Å². The van der Waals surface area contributed by atoms with E-state index in [1.54, 1.807) is 0 Å². The van der Waals surface area contributed by atoms with Gasteiger partial charge in [-0.3, -0.25) is 0 Å². The molecule has 330 valence electrons. The van der Waals surface area contributed by atoms with E-state index in [0.717, 1.165) is 49.8 Å². The number of esters is 3. The Kier molecular flexibility index (Phi) is 21.2. The van der Waals surface area contributed by atoms with Gasteiger partial charge in [-0.1, -0.05) is 17.7 Å². The maximum absolute atomic E-state index is 12.8. The first-order valence-corrected chi connectivity index (χ1v) is 26.9. The summed E-state index contributed by atoms with van der Waals surface area (Å²) in [7, 11) is 0. The summed E-state index contributed by atoms with van der Waals surface area (Å²) in [5, 5.41) is 0.910. The van der Waals surface area contributed by atoms with Crippen LogP contribution in [-0.4, -0.2) is 82.6 Å². The molecule has 0 aromatic heterocycles. The van der Waals surface area contributed by atoms with Gasteiger partial charge in [0.05, 0.1) is 12.2 Å². The Morgan fingerprint density at radius 3 is 1.24 bits per heavy atom. The molecule has 0 spiro atoms. The summed E-state index contributed by atoms with van der Waals surface area (Å²) in [5.74, 6) is -0.621. The van der Waals surface area contributed by atoms with Gasteiger partial charge in [-0.05, 0) is 38.8 Å². The zero-order valence-corrected chi connectivity index (χ0v) is 43.3. The van der Waals surface area contributed by atoms with Crippen LogP contribution in [0.3, 0.4) is 0 Å². The van der Waals surface area contributed by atoms with Crippen molar-refractivity contribution in [3.63, 3.8) is 0 Å². The number of carbonyl (C=O) groups is 3. The fraction of sp³-hybridized carbons (Fsp3) is 0.278. The van der Waals surface area contributed by atoms with Crippen LogP contribution >= 0.6 is 0 Å². The summed E-state index contributed by atoms with van der Waals surface area (Å²) < 4.78 is 20.0. The minimum atomic E-state index is -0.220. The first-order valence-electron chi connectivity index (χ1n) is 21.2. The van der Waals surface area contributed by atoms with E-state index in [2.05, 4.69) is 117 Å². The Balaban J connectivity index is 0.000000220. The van der Waals surface area contributed by atoms with Crippen molar-refractivity contribution in [3.05, 3.63) is 194 Å². The fourth-order valence-electron chi connectivity index (χ4n) is 7.11. The van der Waals surface area contributed by atoms with Crippen LogP contribution in [-0.2, 0) is 19.5 Å². The summed E-state index contributed by atoms with van der Waals surface area (Å²) >= 11 is 0.764. The molecule has 6 rings (SSSR count). The topological polar surface area (TPSA) is 78.9 Å². The summed E-state index contributed by atoms with van der Waals surface area (Å²) in [4.78, 5) is 36.6. The molecular weight excluding hydrogens is 981 g/mol. The predicted molar refractivity (Wildman–Crippen MR) is 262 cm³/mol. The van der Waals surface area contributed by atoms with Gasteiger partial charge in [0.1, 0.15) is 0 Å². The monoisotopic (exact) mass is 1040 g/mol. The molecule has 6 nitrogen and oxygen atoms in total. The number of benzene rings is 6. The third-order valence-corrected chi connectivity index (χ3v) is 18.1. The number of ether oxygens (including phenoxy) is 3. The van der Waals surface area contributed by atoms with Crippen LogP contribution < -0.4 is 13.4 Å². The molecule has 0 unspecified atom stereocenters. The van der Waals surface area contributed by atoms with Crippen molar-refractivity contribution in [2.45, 2.75) is 78.3 Å². The average molecular weight is 1040 g/mol. The van der Waals surface area contributed by atoms with Gasteiger partial charge in [0.2, 0.25) is 0 Å². The second-order valence-electron chi connectivity index (χ2n) is 14.9. The number of hydrogen-bond acceptors (Lipinski definition) is 6. The van der Waals surface area contributed by atoms with Gasteiger partial charge in [0, 0.05) is 0 Å². The van der Waals surface area contributed by atoms with Crippen LogP contribution in [0.2, 0.25) is 0 Å². The molecule has 0 aliphatic carbocycles. The average Bonchev–Trinajstić information content (AvgIpc) is 3.23. The summed E-state index contributed by atoms with van der Waals surface area (Å²) in [5.41, 5.74) is 12.0. The van der Waals surface area contributed by atoms with Crippen molar-refractivity contribution >= 4 is 76.2 Å². The van der Waals surface area contributed by atoms with Crippen molar-refractivity contribution in [2.75, 3.05) is 19.8 Å². The van der Waals surface area contributed by atoms with Crippen molar-refractivity contribution in [3.8, 4) is 0 Å². The van der Waals surface area contributed by atoms with Gasteiger partial charge in [-0.25, -0.2) is 4.79 Å². The number of carbonyl (C=O) groups excluding carboxylic acids is 3. The standard InChI is InChI=1S/C24H24O2Se2.C18H20O2Se.C12H16O2/c1-4-26-23(25)22-18(3)15-17(2)16-21(22)24(27-19-11-7-5-8-12-19)28-20-13-9-6-10-14-20;1-4-20-18(19)17-14(3)10-13(2)11-15(17)12-21-16-8-6-5-7-9-16;1-5-14-12(13)11-9(3)6-8(2)7-10(11)4/h5-16,24H,4H2,1-3H3;5-11H,4,12H2,1-3H3;6-7H,5H2,1-4H3. The first-order chi connectivity index (χ1) is 30.3. The molecule has 0 heterocycles. The Morgan fingerprint density at radius 2 is 0.794 bits per heavy atom. The molecule has 0 radical (unpaired) electrons. The molecule has 6 aromatic rings. The van der Waals surface area contributed by atoms with E-state index in [9.17, 15) is 14.4 Å². The Hall–Kier alpha value is -4.71. The molecular formula is C54H60O6Se3. The van der Waals surface area contributed by atoms with E-state index < -0.39 is 0 Å². The van der Waals surface area contributed by atoms with E-state index >= 15 is 0 Å². The Labute approximate surface area is 394 Å². The van der Waals surface area contributed by atoms with Gasteiger partial charge in [-0.2, -0.15) is 0 Å². The van der Waals surface area contributed by atoms with Crippen LogP contribution in [0.1, 0.15) is 106 Å². The molecule has 0 fully saturated rings. The van der Waals surface area contributed by atoms with E-state index in [-0.39, 0.29) is 47.8 Å². The van der Waals surface area contributed by atoms with Gasteiger partial charge in [0.15, 0.2) is 0 Å². The summed E-state index contributed by atoms with van der Waals surface area (Å²) in [6.45, 7) is 20.8. The van der Waals surface area contributed by atoms with Crippen molar-refractivity contribution in [1.29, 1.82) is 0 Å². The van der Waals surface area contributed by atoms with Crippen LogP contribution in [0.15, 0.2) is 127 Å². The fourth-order valence-corrected chi connectivity index (χ4v) is 15.7. The summed E-state index contributed by atoms with van der Waals surface area (Å²) in [6.07, 6.45) is 0. The van der Waals surface area contributed by atoms with Gasteiger partial charge in [-0.15, -0.1) is 0 Å². The Morgan fingerprint density at radius 1 is 0.444 bits per heavy atom. The molecule has 6 aromatic carbocycles. The second kappa shape index (κ2) is 26.2. The molecule has 0 bridgehead atoms. The molecule has 0 aliphatic heterocycles. The molecule has 0 atom stereocenters. The van der Waals surface area contributed by atoms with E-state index in [4.69, 9.17) is 14.2 Å². The zero-order valence-electron chi connectivity index (χ0n) is 38.2. The molecule has 9 heteroatoms. The minimum absolute atomic E-state index is 0.200. The summed E-state index contributed by atoms with van der Waals surface area (Å²) in [6, 6.07) is 44.1. The number of hydrogen-bond donors (Lipinski definition) is 0. The maximum atomic E-state index is 12.8. The predicted octanol–water partition coefficient (Wildman–Crippen LogP) is 9.34.